The third-order valence-corrected chi connectivity index (χ3v) is 8.85. The van der Waals surface area contributed by atoms with Crippen molar-refractivity contribution >= 4 is 52.1 Å². The summed E-state index contributed by atoms with van der Waals surface area (Å²) in [6.45, 7) is 6.74. The van der Waals surface area contributed by atoms with Crippen molar-refractivity contribution in [2.45, 2.75) is 45.1 Å². The number of hydrogen-bond acceptors (Lipinski definition) is 9. The van der Waals surface area contributed by atoms with Crippen molar-refractivity contribution in [2.75, 3.05) is 23.8 Å². The van der Waals surface area contributed by atoms with Crippen LogP contribution in [0.5, 0.6) is 5.75 Å². The van der Waals surface area contributed by atoms with Crippen LogP contribution in [0.2, 0.25) is 0 Å². The molecule has 0 spiro atoms. The maximum absolute atomic E-state index is 13.4. The molecule has 7 rings (SSSR count). The van der Waals surface area contributed by atoms with Gasteiger partial charge in [0.15, 0.2) is 0 Å². The molecule has 0 bridgehead atoms. The predicted octanol–water partition coefficient (Wildman–Crippen LogP) is 4.10. The molecule has 1 saturated heterocycles. The van der Waals surface area contributed by atoms with Gasteiger partial charge in [-0.3, -0.25) is 39.1 Å². The lowest BCUT2D eigenvalue weighted by molar-refractivity contribution is -0.136. The molecule has 1 atom stereocenters. The van der Waals surface area contributed by atoms with Gasteiger partial charge in [0.05, 0.1) is 39.2 Å². The van der Waals surface area contributed by atoms with E-state index in [2.05, 4.69) is 51.9 Å². The predicted molar refractivity (Wildman–Crippen MR) is 188 cm³/mol. The zero-order valence-electron chi connectivity index (χ0n) is 28.1. The molecule has 2 aliphatic rings. The number of nitrogens with zero attached hydrogens (tertiary/aromatic N) is 4. The molecular formula is C36H35N9O6. The number of imide groups is 2. The molecule has 5 aromatic rings. The molecule has 0 aliphatic carbocycles. The minimum Gasteiger partial charge on any atom is -0.492 e. The lowest BCUT2D eigenvalue weighted by Gasteiger charge is -2.27. The summed E-state index contributed by atoms with van der Waals surface area (Å²) in [5.41, 5.74) is 11.3. The highest BCUT2D eigenvalue weighted by Crippen LogP contribution is 2.34. The largest absolute Gasteiger partial charge is 0.492 e. The highest BCUT2D eigenvalue weighted by atomic mass is 16.5. The summed E-state index contributed by atoms with van der Waals surface area (Å²) in [6.07, 6.45) is 1.84. The van der Waals surface area contributed by atoms with Crippen molar-refractivity contribution in [1.82, 2.24) is 30.0 Å². The first-order valence-corrected chi connectivity index (χ1v) is 16.3. The average molecular weight is 690 g/mol. The fourth-order valence-electron chi connectivity index (χ4n) is 6.30. The van der Waals surface area contributed by atoms with Crippen molar-refractivity contribution in [3.63, 3.8) is 0 Å². The maximum Gasteiger partial charge on any atom is 0.316 e. The lowest BCUT2D eigenvalue weighted by Crippen LogP contribution is -2.54. The van der Waals surface area contributed by atoms with E-state index in [9.17, 15) is 24.0 Å². The molecule has 1 fully saturated rings. The van der Waals surface area contributed by atoms with E-state index >= 15 is 0 Å². The van der Waals surface area contributed by atoms with Gasteiger partial charge in [0.25, 0.3) is 11.8 Å². The van der Waals surface area contributed by atoms with E-state index in [0.717, 1.165) is 27.5 Å². The number of nitrogens with one attached hydrogen (secondary N) is 4. The minimum absolute atomic E-state index is 0.0486. The molecule has 4 heterocycles. The number of aromatic nitrogens is 4. The number of aromatic amines is 1. The molecule has 2 aromatic heterocycles. The standard InChI is InChI=1S/C36H35N9O6/c1-36(2,3)29-17-25(42-43-29)22-15-19(7-9-23(22)40-35(37)50)44-18-39-26-16-20(8-10-27(26)44)51-14-13-38-24-6-4-5-21-31(24)34(49)45(33(21)48)28-11-12-30(46)41-32(28)47/h4-10,15-18,28,38H,11-14H2,1-3H3,(H,42,43)(H3,37,40,50)(H,41,46,47). The van der Waals surface area contributed by atoms with Crippen LogP contribution in [0.4, 0.5) is 16.2 Å². The summed E-state index contributed by atoms with van der Waals surface area (Å²) in [4.78, 5) is 67.8. The highest BCUT2D eigenvalue weighted by molar-refractivity contribution is 6.25. The molecule has 6 N–H and O–H groups in total. The second kappa shape index (κ2) is 12.7. The lowest BCUT2D eigenvalue weighted by atomic mass is 9.92. The van der Waals surface area contributed by atoms with Crippen molar-refractivity contribution in [2.24, 2.45) is 5.73 Å². The Labute approximate surface area is 291 Å². The van der Waals surface area contributed by atoms with Gasteiger partial charge in [0, 0.05) is 41.4 Å². The Bertz CT molecular complexity index is 2250. The fraction of sp³-hybridized carbons (Fsp3) is 0.250. The summed E-state index contributed by atoms with van der Waals surface area (Å²) < 4.78 is 7.92. The van der Waals surface area contributed by atoms with Crippen LogP contribution in [0.3, 0.4) is 0 Å². The summed E-state index contributed by atoms with van der Waals surface area (Å²) >= 11 is 0. The molecule has 51 heavy (non-hydrogen) atoms. The number of rotatable bonds is 9. The number of amides is 6. The fourth-order valence-corrected chi connectivity index (χ4v) is 6.30. The number of primary amides is 1. The van der Waals surface area contributed by atoms with Gasteiger partial charge in [-0.25, -0.2) is 9.78 Å². The molecule has 3 aromatic carbocycles. The normalized spacial score (nSPS) is 16.0. The molecule has 15 heteroatoms. The Morgan fingerprint density at radius 2 is 1.82 bits per heavy atom. The summed E-state index contributed by atoms with van der Waals surface area (Å²) in [7, 11) is 0. The third kappa shape index (κ3) is 6.24. The number of anilines is 2. The molecule has 6 amide bonds. The number of piperidine rings is 1. The van der Waals surface area contributed by atoms with Crippen LogP contribution < -0.4 is 26.4 Å². The average Bonchev–Trinajstić information content (AvgIpc) is 3.81. The van der Waals surface area contributed by atoms with Crippen LogP contribution >= 0.6 is 0 Å². The molecule has 0 radical (unpaired) electrons. The smallest absolute Gasteiger partial charge is 0.316 e. The Balaban J connectivity index is 1.04. The van der Waals surface area contributed by atoms with E-state index in [1.165, 1.54) is 0 Å². The summed E-state index contributed by atoms with van der Waals surface area (Å²) in [5, 5.41) is 15.6. The van der Waals surface area contributed by atoms with Gasteiger partial charge in [-0.05, 0) is 55.0 Å². The second-order valence-corrected chi connectivity index (χ2v) is 13.4. The Kier molecular flexibility index (Phi) is 8.25. The SMILES string of the molecule is CC(C)(C)c1cc(-c2cc(-n3cnc4cc(OCCNc5cccc6c5C(=O)N(C5CCC(=O)NC5=O)C6=O)ccc43)ccc2NC(N)=O)[nH]n1. The molecular weight excluding hydrogens is 654 g/mol. The van der Waals surface area contributed by atoms with Gasteiger partial charge >= 0.3 is 6.03 Å². The minimum atomic E-state index is -1.04. The molecule has 1 unspecified atom stereocenters. The summed E-state index contributed by atoms with van der Waals surface area (Å²) in [5.74, 6) is -1.66. The number of imidazole rings is 1. The molecule has 2 aliphatic heterocycles. The van der Waals surface area contributed by atoms with Gasteiger partial charge in [-0.15, -0.1) is 0 Å². The van der Waals surface area contributed by atoms with E-state index < -0.39 is 35.7 Å². The number of nitrogens with two attached hydrogens (primary N) is 1. The zero-order chi connectivity index (χ0) is 36.0. The number of ether oxygens (including phenoxy) is 1. The molecule has 15 nitrogen and oxygen atoms in total. The van der Waals surface area contributed by atoms with Crippen LogP contribution in [0.15, 0.2) is 67.0 Å². The number of urea groups is 1. The monoisotopic (exact) mass is 689 g/mol. The van der Waals surface area contributed by atoms with E-state index in [4.69, 9.17) is 10.5 Å². The number of carbonyl (C=O) groups is 5. The van der Waals surface area contributed by atoms with E-state index in [-0.39, 0.29) is 36.0 Å². The maximum atomic E-state index is 13.4. The number of carbonyl (C=O) groups excluding carboxylic acids is 5. The third-order valence-electron chi connectivity index (χ3n) is 8.85. The number of hydrogen-bond donors (Lipinski definition) is 5. The first-order valence-electron chi connectivity index (χ1n) is 16.3. The van der Waals surface area contributed by atoms with Crippen molar-refractivity contribution < 1.29 is 28.7 Å². The van der Waals surface area contributed by atoms with E-state index in [0.29, 0.717) is 34.7 Å². The van der Waals surface area contributed by atoms with Crippen molar-refractivity contribution in [3.8, 4) is 22.7 Å². The number of benzene rings is 3. The first-order chi connectivity index (χ1) is 24.4. The van der Waals surface area contributed by atoms with Crippen LogP contribution in [0.1, 0.15) is 60.0 Å². The molecule has 260 valence electrons. The quantitative estimate of drug-likeness (QED) is 0.111. The molecule has 0 saturated carbocycles. The number of H-pyrrole nitrogens is 1. The van der Waals surface area contributed by atoms with Crippen molar-refractivity contribution in [3.05, 3.63) is 83.8 Å². The Morgan fingerprint density at radius 3 is 2.57 bits per heavy atom. The number of fused-ring (bicyclic) bond motifs is 2. The van der Waals surface area contributed by atoms with E-state index in [1.807, 2.05) is 41.0 Å². The van der Waals surface area contributed by atoms with Crippen LogP contribution in [-0.4, -0.2) is 73.5 Å². The Morgan fingerprint density at radius 1 is 1.00 bits per heavy atom. The van der Waals surface area contributed by atoms with Crippen LogP contribution in [0, 0.1) is 0 Å². The topological polar surface area (TPSA) is 206 Å². The van der Waals surface area contributed by atoms with Crippen LogP contribution in [0.25, 0.3) is 28.0 Å². The van der Waals surface area contributed by atoms with Crippen LogP contribution in [-0.2, 0) is 15.0 Å². The van der Waals surface area contributed by atoms with Gasteiger partial charge in [0.1, 0.15) is 24.7 Å². The Hall–Kier alpha value is -6.51. The van der Waals surface area contributed by atoms with Gasteiger partial charge in [0.2, 0.25) is 11.8 Å². The van der Waals surface area contributed by atoms with Gasteiger partial charge < -0.3 is 21.1 Å². The zero-order valence-corrected chi connectivity index (χ0v) is 28.1. The highest BCUT2D eigenvalue weighted by Gasteiger charge is 2.45. The van der Waals surface area contributed by atoms with Gasteiger partial charge in [-0.1, -0.05) is 26.8 Å². The first kappa shape index (κ1) is 33.0. The second-order valence-electron chi connectivity index (χ2n) is 13.4. The van der Waals surface area contributed by atoms with E-state index in [1.54, 1.807) is 30.6 Å². The van der Waals surface area contributed by atoms with Gasteiger partial charge in [-0.2, -0.15) is 5.10 Å². The summed E-state index contributed by atoms with van der Waals surface area (Å²) in [6, 6.07) is 16.2. The van der Waals surface area contributed by atoms with Crippen molar-refractivity contribution in [1.29, 1.82) is 0 Å².